The molecule has 1 fully saturated rings. The number of benzene rings is 2. The molecule has 2 aromatic carbocycles. The van der Waals surface area contributed by atoms with Crippen LogP contribution in [0.5, 0.6) is 5.75 Å². The van der Waals surface area contributed by atoms with Crippen LogP contribution in [0.15, 0.2) is 67.1 Å². The summed E-state index contributed by atoms with van der Waals surface area (Å²) in [6.45, 7) is 3.88. The summed E-state index contributed by atoms with van der Waals surface area (Å²) >= 11 is 0. The molecule has 0 spiro atoms. The number of aromatic nitrogens is 3. The summed E-state index contributed by atoms with van der Waals surface area (Å²) in [4.78, 5) is 28.2. The average molecular weight is 568 g/mol. The molecule has 0 aliphatic carbocycles. The summed E-state index contributed by atoms with van der Waals surface area (Å²) in [5.74, 6) is -0.896. The number of hydrogen-bond acceptors (Lipinski definition) is 9. The van der Waals surface area contributed by atoms with Gasteiger partial charge in [-0.2, -0.15) is 5.26 Å². The number of methoxy groups -OCH3 is 1. The minimum Gasteiger partial charge on any atom is -0.496 e. The van der Waals surface area contributed by atoms with Crippen LogP contribution in [-0.4, -0.2) is 57.3 Å². The third kappa shape index (κ3) is 5.63. The number of nitrogens with two attached hydrogens (primary N) is 1. The van der Waals surface area contributed by atoms with E-state index in [0.717, 1.165) is 0 Å². The first-order valence-electron chi connectivity index (χ1n) is 13.3. The summed E-state index contributed by atoms with van der Waals surface area (Å²) in [6, 6.07) is 14.4. The van der Waals surface area contributed by atoms with Crippen LogP contribution in [0.25, 0.3) is 22.5 Å². The van der Waals surface area contributed by atoms with Gasteiger partial charge in [-0.15, -0.1) is 0 Å². The van der Waals surface area contributed by atoms with Crippen molar-refractivity contribution >= 4 is 17.3 Å². The van der Waals surface area contributed by atoms with Crippen molar-refractivity contribution in [2.45, 2.75) is 38.0 Å². The van der Waals surface area contributed by atoms with E-state index in [1.165, 1.54) is 31.5 Å². The smallest absolute Gasteiger partial charge is 0.274 e. The normalized spacial score (nSPS) is 16.6. The highest BCUT2D eigenvalue weighted by molar-refractivity contribution is 6.05. The zero-order valence-electron chi connectivity index (χ0n) is 23.4. The van der Waals surface area contributed by atoms with Crippen LogP contribution in [0.3, 0.4) is 0 Å². The predicted octanol–water partition coefficient (Wildman–Crippen LogP) is 4.15. The number of pyridine rings is 1. The number of carbonyl (C=O) groups excluding carboxylic acids is 1. The van der Waals surface area contributed by atoms with Gasteiger partial charge in [0.15, 0.2) is 5.82 Å². The first-order valence-corrected chi connectivity index (χ1v) is 13.3. The lowest BCUT2D eigenvalue weighted by molar-refractivity contribution is 0.0530. The van der Waals surface area contributed by atoms with Crippen molar-refractivity contribution < 1.29 is 19.0 Å². The Balaban J connectivity index is 1.56. The van der Waals surface area contributed by atoms with Gasteiger partial charge in [0.25, 0.3) is 5.91 Å². The number of amides is 1. The van der Waals surface area contributed by atoms with Gasteiger partial charge in [-0.1, -0.05) is 12.1 Å². The number of hydrogen-bond donors (Lipinski definition) is 3. The van der Waals surface area contributed by atoms with E-state index >= 15 is 0 Å². The number of anilines is 2. The average Bonchev–Trinajstić information content (AvgIpc) is 3.39. The summed E-state index contributed by atoms with van der Waals surface area (Å²) in [7, 11) is 1.41. The lowest BCUT2D eigenvalue weighted by Gasteiger charge is -2.36. The van der Waals surface area contributed by atoms with Crippen molar-refractivity contribution in [1.82, 2.24) is 15.0 Å². The molecular weight excluding hydrogens is 537 g/mol. The minimum atomic E-state index is -1.10. The second-order valence-electron chi connectivity index (χ2n) is 10.6. The Morgan fingerprint density at radius 3 is 2.79 bits per heavy atom. The maximum atomic E-state index is 14.7. The van der Waals surface area contributed by atoms with Crippen LogP contribution in [0, 0.1) is 17.1 Å². The van der Waals surface area contributed by atoms with Crippen LogP contribution in [0.2, 0.25) is 0 Å². The van der Waals surface area contributed by atoms with Gasteiger partial charge >= 0.3 is 0 Å². The molecule has 1 amide bonds. The Morgan fingerprint density at radius 1 is 1.24 bits per heavy atom. The van der Waals surface area contributed by atoms with E-state index in [2.05, 4.69) is 26.3 Å². The lowest BCUT2D eigenvalue weighted by atomic mass is 9.94. The largest absolute Gasteiger partial charge is 0.496 e. The molecule has 3 heterocycles. The van der Waals surface area contributed by atoms with E-state index in [9.17, 15) is 19.6 Å². The highest BCUT2D eigenvalue weighted by Crippen LogP contribution is 2.39. The summed E-state index contributed by atoms with van der Waals surface area (Å²) in [5.41, 5.74) is 8.13. The number of halogens is 1. The molecule has 4 aromatic rings. The molecule has 42 heavy (non-hydrogen) atoms. The number of nitrogens with zero attached hydrogens (tertiary/aromatic N) is 5. The van der Waals surface area contributed by atoms with Gasteiger partial charge in [0.2, 0.25) is 0 Å². The molecule has 214 valence electrons. The third-order valence-corrected chi connectivity index (χ3v) is 7.26. The number of nitriles is 1. The van der Waals surface area contributed by atoms with Crippen molar-refractivity contribution in [3.63, 3.8) is 0 Å². The minimum absolute atomic E-state index is 0.00129. The first kappa shape index (κ1) is 28.6. The van der Waals surface area contributed by atoms with Crippen molar-refractivity contribution in [2.75, 3.05) is 23.9 Å². The molecule has 2 unspecified atom stereocenters. The zero-order chi connectivity index (χ0) is 30.0. The van der Waals surface area contributed by atoms with E-state index < -0.39 is 17.3 Å². The fourth-order valence-corrected chi connectivity index (χ4v) is 5.25. The fraction of sp³-hybridized carbons (Fsp3) is 0.258. The third-order valence-electron chi connectivity index (χ3n) is 7.26. The van der Waals surface area contributed by atoms with Crippen LogP contribution >= 0.6 is 0 Å². The Hall–Kier alpha value is -4.92. The topological polar surface area (TPSA) is 150 Å². The SMILES string of the molecule is COc1cccc(F)c1-c1nccc(C(=O)Nc2ccc(-c3cnccc3C#N)cc2N2CC(N)CC2C(C)(C)O)n1. The molecule has 1 aliphatic rings. The van der Waals surface area contributed by atoms with E-state index in [-0.39, 0.29) is 34.9 Å². The van der Waals surface area contributed by atoms with Crippen LogP contribution in [-0.2, 0) is 0 Å². The highest BCUT2D eigenvalue weighted by Gasteiger charge is 2.40. The Kier molecular flexibility index (Phi) is 7.85. The summed E-state index contributed by atoms with van der Waals surface area (Å²) < 4.78 is 20.0. The predicted molar refractivity (Wildman–Crippen MR) is 156 cm³/mol. The van der Waals surface area contributed by atoms with E-state index in [4.69, 9.17) is 10.5 Å². The molecule has 11 heteroatoms. The Morgan fingerprint density at radius 2 is 2.05 bits per heavy atom. The molecule has 1 saturated heterocycles. The molecule has 2 aromatic heterocycles. The highest BCUT2D eigenvalue weighted by atomic mass is 19.1. The van der Waals surface area contributed by atoms with Gasteiger partial charge in [0.1, 0.15) is 17.3 Å². The quantitative estimate of drug-likeness (QED) is 0.299. The molecule has 4 N–H and O–H groups in total. The van der Waals surface area contributed by atoms with Gasteiger partial charge in [-0.05, 0) is 62.2 Å². The van der Waals surface area contributed by atoms with E-state index in [1.54, 1.807) is 50.5 Å². The van der Waals surface area contributed by atoms with Crippen LogP contribution < -0.4 is 20.7 Å². The number of ether oxygens (including phenoxy) is 1. The number of carbonyl (C=O) groups is 1. The number of rotatable bonds is 7. The standard InChI is InChI=1S/C31H30FN7O3/c1-31(2,41)27-14-20(34)17-39(27)25-13-18(21-16-35-11-9-19(21)15-33)7-8-23(25)38-30(40)24-10-12-36-29(37-24)28-22(32)5-4-6-26(28)42-3/h4-13,16,20,27,41H,14,17,34H2,1-3H3,(H,38,40). The van der Waals surface area contributed by atoms with Gasteiger partial charge in [-0.3, -0.25) is 9.78 Å². The Bertz CT molecular complexity index is 1680. The first-order chi connectivity index (χ1) is 20.1. The lowest BCUT2D eigenvalue weighted by Crippen LogP contribution is -2.46. The molecule has 5 rings (SSSR count). The fourth-order valence-electron chi connectivity index (χ4n) is 5.25. The molecule has 0 saturated carbocycles. The zero-order valence-corrected chi connectivity index (χ0v) is 23.4. The molecule has 0 bridgehead atoms. The summed E-state index contributed by atoms with van der Waals surface area (Å²) in [5, 5.41) is 23.6. The van der Waals surface area contributed by atoms with Gasteiger partial charge < -0.3 is 25.8 Å². The number of aliphatic hydroxyl groups is 1. The van der Waals surface area contributed by atoms with E-state index in [0.29, 0.717) is 41.0 Å². The Labute approximate surface area is 242 Å². The molecular formula is C31H30FN7O3. The maximum Gasteiger partial charge on any atom is 0.274 e. The maximum absolute atomic E-state index is 14.7. The second-order valence-corrected chi connectivity index (χ2v) is 10.6. The molecule has 2 atom stereocenters. The second kappa shape index (κ2) is 11.5. The molecule has 0 radical (unpaired) electrons. The van der Waals surface area contributed by atoms with E-state index in [1.807, 2.05) is 11.0 Å². The molecule has 10 nitrogen and oxygen atoms in total. The summed E-state index contributed by atoms with van der Waals surface area (Å²) in [6.07, 6.45) is 5.08. The molecule has 1 aliphatic heterocycles. The van der Waals surface area contributed by atoms with Crippen LogP contribution in [0.1, 0.15) is 36.3 Å². The van der Waals surface area contributed by atoms with Gasteiger partial charge in [-0.25, -0.2) is 14.4 Å². The van der Waals surface area contributed by atoms with Crippen molar-refractivity contribution in [2.24, 2.45) is 5.73 Å². The monoisotopic (exact) mass is 567 g/mol. The van der Waals surface area contributed by atoms with Crippen molar-refractivity contribution in [3.05, 3.63) is 84.2 Å². The number of nitrogens with one attached hydrogen (secondary N) is 1. The van der Waals surface area contributed by atoms with Gasteiger partial charge in [0.05, 0.1) is 47.3 Å². The van der Waals surface area contributed by atoms with Crippen molar-refractivity contribution in [1.29, 1.82) is 5.26 Å². The van der Waals surface area contributed by atoms with Gasteiger partial charge in [0, 0.05) is 36.7 Å². The van der Waals surface area contributed by atoms with Crippen LogP contribution in [0.4, 0.5) is 15.8 Å². The van der Waals surface area contributed by atoms with Crippen molar-refractivity contribution in [3.8, 4) is 34.3 Å².